The minimum atomic E-state index is 0. The molecule has 1 aliphatic heterocycles. The van der Waals surface area contributed by atoms with Crippen molar-refractivity contribution in [1.29, 1.82) is 0 Å². The first-order valence-corrected chi connectivity index (χ1v) is 11.3. The van der Waals surface area contributed by atoms with Gasteiger partial charge in [0, 0.05) is 42.0 Å². The minimum absolute atomic E-state index is 0. The van der Waals surface area contributed by atoms with Crippen molar-refractivity contribution in [3.8, 4) is 28.7 Å². The molecule has 2 heterocycles. The van der Waals surface area contributed by atoms with Crippen molar-refractivity contribution in [2.45, 2.75) is 13.0 Å². The van der Waals surface area contributed by atoms with Gasteiger partial charge in [-0.05, 0) is 49.4 Å². The summed E-state index contributed by atoms with van der Waals surface area (Å²) < 4.78 is 22.4. The van der Waals surface area contributed by atoms with Crippen LogP contribution in [0.2, 0.25) is 0 Å². The molecule has 0 saturated heterocycles. The second kappa shape index (κ2) is 11.6. The summed E-state index contributed by atoms with van der Waals surface area (Å²) >= 11 is 0. The van der Waals surface area contributed by atoms with Crippen molar-refractivity contribution in [1.82, 2.24) is 10.3 Å². The van der Waals surface area contributed by atoms with E-state index in [0.29, 0.717) is 24.0 Å². The predicted octanol–water partition coefficient (Wildman–Crippen LogP) is 5.78. The SMILES string of the molecule is COc1ccccc1Oc1ccc2c(NCCCNCc3cccc4c3OCO4)ccnc2c1.Cl. The quantitative estimate of drug-likeness (QED) is 0.271. The number of nitrogens with one attached hydrogen (secondary N) is 2. The van der Waals surface area contributed by atoms with Crippen molar-refractivity contribution in [2.75, 3.05) is 32.3 Å². The molecule has 0 spiro atoms. The smallest absolute Gasteiger partial charge is 0.231 e. The summed E-state index contributed by atoms with van der Waals surface area (Å²) in [6, 6.07) is 21.5. The van der Waals surface area contributed by atoms with E-state index in [1.54, 1.807) is 7.11 Å². The molecular weight excluding hydrogens is 466 g/mol. The Hall–Kier alpha value is -3.68. The van der Waals surface area contributed by atoms with E-state index in [1.165, 1.54) is 0 Å². The predicted molar refractivity (Wildman–Crippen MR) is 139 cm³/mol. The molecule has 0 atom stereocenters. The fourth-order valence-corrected chi connectivity index (χ4v) is 3.96. The van der Waals surface area contributed by atoms with Gasteiger partial charge in [-0.25, -0.2) is 0 Å². The van der Waals surface area contributed by atoms with Crippen LogP contribution >= 0.6 is 12.4 Å². The maximum absolute atomic E-state index is 6.03. The first kappa shape index (κ1) is 24.4. The number of hydrogen-bond acceptors (Lipinski definition) is 7. The molecule has 0 fully saturated rings. The first-order valence-electron chi connectivity index (χ1n) is 11.3. The molecule has 4 aromatic rings. The molecule has 0 amide bonds. The van der Waals surface area contributed by atoms with Crippen molar-refractivity contribution < 1.29 is 18.9 Å². The largest absolute Gasteiger partial charge is 0.493 e. The summed E-state index contributed by atoms with van der Waals surface area (Å²) in [5.41, 5.74) is 3.05. The minimum Gasteiger partial charge on any atom is -0.493 e. The van der Waals surface area contributed by atoms with Crippen molar-refractivity contribution >= 4 is 29.0 Å². The van der Waals surface area contributed by atoms with E-state index in [4.69, 9.17) is 18.9 Å². The molecular formula is C27H28ClN3O4. The number of halogens is 1. The van der Waals surface area contributed by atoms with Crippen LogP contribution in [-0.4, -0.2) is 32.0 Å². The van der Waals surface area contributed by atoms with E-state index >= 15 is 0 Å². The number of para-hydroxylation sites is 3. The number of methoxy groups -OCH3 is 1. The van der Waals surface area contributed by atoms with E-state index in [2.05, 4.69) is 21.7 Å². The maximum Gasteiger partial charge on any atom is 0.231 e. The first-order chi connectivity index (χ1) is 16.8. The van der Waals surface area contributed by atoms with Gasteiger partial charge in [0.2, 0.25) is 6.79 Å². The molecule has 7 nitrogen and oxygen atoms in total. The van der Waals surface area contributed by atoms with Crippen LogP contribution in [0.3, 0.4) is 0 Å². The lowest BCUT2D eigenvalue weighted by molar-refractivity contribution is 0.173. The lowest BCUT2D eigenvalue weighted by atomic mass is 10.1. The number of rotatable bonds is 10. The van der Waals surface area contributed by atoms with Crippen LogP contribution in [0.4, 0.5) is 5.69 Å². The van der Waals surface area contributed by atoms with E-state index in [1.807, 2.05) is 66.9 Å². The van der Waals surface area contributed by atoms with E-state index in [9.17, 15) is 0 Å². The summed E-state index contributed by atoms with van der Waals surface area (Å²) in [4.78, 5) is 4.52. The molecule has 0 aliphatic carbocycles. The molecule has 5 rings (SSSR count). The molecule has 3 aromatic carbocycles. The topological polar surface area (TPSA) is 73.9 Å². The molecule has 35 heavy (non-hydrogen) atoms. The molecule has 0 saturated carbocycles. The Morgan fingerprint density at radius 1 is 0.943 bits per heavy atom. The standard InChI is InChI=1S/C27H27N3O4.ClH/c1-31-24-7-2-3-8-25(24)34-20-10-11-21-22(12-15-30-23(21)16-20)29-14-5-13-28-17-19-6-4-9-26-27(19)33-18-32-26;/h2-4,6-12,15-16,28H,5,13-14,17-18H2,1H3,(H,29,30);1H. The van der Waals surface area contributed by atoms with Crippen molar-refractivity contribution in [2.24, 2.45) is 0 Å². The molecule has 2 N–H and O–H groups in total. The normalized spacial score (nSPS) is 11.7. The Morgan fingerprint density at radius 3 is 2.71 bits per heavy atom. The van der Waals surface area contributed by atoms with Crippen LogP contribution < -0.4 is 29.6 Å². The average Bonchev–Trinajstić information content (AvgIpc) is 3.36. The number of aromatic nitrogens is 1. The van der Waals surface area contributed by atoms with Crippen LogP contribution in [0.25, 0.3) is 10.9 Å². The molecule has 0 bridgehead atoms. The van der Waals surface area contributed by atoms with Crippen molar-refractivity contribution in [3.05, 3.63) is 78.5 Å². The van der Waals surface area contributed by atoms with Crippen LogP contribution in [0.15, 0.2) is 72.9 Å². The number of nitrogens with zero attached hydrogens (tertiary/aromatic N) is 1. The van der Waals surface area contributed by atoms with Crippen LogP contribution in [-0.2, 0) is 6.54 Å². The van der Waals surface area contributed by atoms with Gasteiger partial charge in [0.1, 0.15) is 5.75 Å². The lowest BCUT2D eigenvalue weighted by Gasteiger charge is -2.13. The van der Waals surface area contributed by atoms with E-state index < -0.39 is 0 Å². The summed E-state index contributed by atoms with van der Waals surface area (Å²) in [5.74, 6) is 3.75. The summed E-state index contributed by atoms with van der Waals surface area (Å²) in [6.07, 6.45) is 2.79. The van der Waals surface area contributed by atoms with Gasteiger partial charge in [0.25, 0.3) is 0 Å². The molecule has 8 heteroatoms. The van der Waals surface area contributed by atoms with Gasteiger partial charge in [0.05, 0.1) is 12.6 Å². The highest BCUT2D eigenvalue weighted by Crippen LogP contribution is 2.35. The van der Waals surface area contributed by atoms with Gasteiger partial charge < -0.3 is 29.6 Å². The Kier molecular flexibility index (Phi) is 8.13. The Balaban J connectivity index is 0.00000289. The Morgan fingerprint density at radius 2 is 1.83 bits per heavy atom. The fraction of sp³-hybridized carbons (Fsp3) is 0.222. The number of pyridine rings is 1. The number of anilines is 1. The van der Waals surface area contributed by atoms with Gasteiger partial charge in [0.15, 0.2) is 23.0 Å². The van der Waals surface area contributed by atoms with Gasteiger partial charge in [-0.3, -0.25) is 4.98 Å². The van der Waals surface area contributed by atoms with Crippen LogP contribution in [0, 0.1) is 0 Å². The monoisotopic (exact) mass is 493 g/mol. The molecule has 1 aromatic heterocycles. The zero-order valence-electron chi connectivity index (χ0n) is 19.5. The number of ether oxygens (including phenoxy) is 4. The second-order valence-electron chi connectivity index (χ2n) is 7.90. The van der Waals surface area contributed by atoms with Crippen LogP contribution in [0.5, 0.6) is 28.7 Å². The summed E-state index contributed by atoms with van der Waals surface area (Å²) in [6.45, 7) is 2.78. The highest BCUT2D eigenvalue weighted by molar-refractivity contribution is 5.91. The average molecular weight is 494 g/mol. The van der Waals surface area contributed by atoms with E-state index in [0.717, 1.165) is 59.7 Å². The van der Waals surface area contributed by atoms with Gasteiger partial charge >= 0.3 is 0 Å². The second-order valence-corrected chi connectivity index (χ2v) is 7.90. The summed E-state index contributed by atoms with van der Waals surface area (Å²) in [7, 11) is 1.63. The number of benzene rings is 3. The third-order valence-electron chi connectivity index (χ3n) is 5.65. The Bertz CT molecular complexity index is 1280. The highest BCUT2D eigenvalue weighted by atomic mass is 35.5. The number of fused-ring (bicyclic) bond motifs is 2. The summed E-state index contributed by atoms with van der Waals surface area (Å²) in [5, 5.41) is 8.07. The third kappa shape index (κ3) is 5.70. The molecule has 0 unspecified atom stereocenters. The highest BCUT2D eigenvalue weighted by Gasteiger charge is 2.16. The Labute approximate surface area is 210 Å². The zero-order valence-corrected chi connectivity index (χ0v) is 20.3. The van der Waals surface area contributed by atoms with Gasteiger partial charge in [-0.2, -0.15) is 0 Å². The lowest BCUT2D eigenvalue weighted by Crippen LogP contribution is -2.18. The van der Waals surface area contributed by atoms with Crippen LogP contribution in [0.1, 0.15) is 12.0 Å². The molecule has 1 aliphatic rings. The number of hydrogen-bond donors (Lipinski definition) is 2. The fourth-order valence-electron chi connectivity index (χ4n) is 3.96. The zero-order chi connectivity index (χ0) is 23.2. The van der Waals surface area contributed by atoms with Gasteiger partial charge in [-0.15, -0.1) is 12.4 Å². The van der Waals surface area contributed by atoms with Gasteiger partial charge in [-0.1, -0.05) is 24.3 Å². The maximum atomic E-state index is 6.03. The molecule has 182 valence electrons. The molecule has 0 radical (unpaired) electrons. The van der Waals surface area contributed by atoms with Crippen molar-refractivity contribution in [3.63, 3.8) is 0 Å². The van der Waals surface area contributed by atoms with E-state index in [-0.39, 0.29) is 12.4 Å². The third-order valence-corrected chi connectivity index (χ3v) is 5.65.